The van der Waals surface area contributed by atoms with Gasteiger partial charge in [0.05, 0.1) is 23.8 Å². The van der Waals surface area contributed by atoms with E-state index in [9.17, 15) is 9.59 Å². The number of Topliss-reactive ketones (excluding diaryl/α,β-unsaturated/α-hetero) is 1. The number of hydrogen-bond acceptors (Lipinski definition) is 5. The highest BCUT2D eigenvalue weighted by Crippen LogP contribution is 2.48. The van der Waals surface area contributed by atoms with Gasteiger partial charge in [-0.05, 0) is 32.4 Å². The SMILES string of the molecule is CCOC(=O)C1=C(C)NC2=C(C(=O)c3ccccc32)[C@H]1c1ccccc1OCc1ccc(C)cc1. The first-order valence-corrected chi connectivity index (χ1v) is 11.8. The van der Waals surface area contributed by atoms with E-state index in [2.05, 4.69) is 5.32 Å². The molecule has 5 rings (SSSR count). The summed E-state index contributed by atoms with van der Waals surface area (Å²) in [7, 11) is 0. The summed E-state index contributed by atoms with van der Waals surface area (Å²) in [5.41, 5.74) is 6.85. The molecule has 0 aromatic heterocycles. The molecule has 176 valence electrons. The number of nitrogens with one attached hydrogen (secondary N) is 1. The molecule has 1 atom stereocenters. The summed E-state index contributed by atoms with van der Waals surface area (Å²) in [4.78, 5) is 26.8. The van der Waals surface area contributed by atoms with Crippen LogP contribution in [0.25, 0.3) is 5.70 Å². The minimum atomic E-state index is -0.612. The van der Waals surface area contributed by atoms with E-state index in [1.165, 1.54) is 5.56 Å². The number of ether oxygens (including phenoxy) is 2. The highest BCUT2D eigenvalue weighted by atomic mass is 16.5. The van der Waals surface area contributed by atoms with E-state index in [4.69, 9.17) is 9.47 Å². The molecule has 1 heterocycles. The molecular weight excluding hydrogens is 438 g/mol. The first-order chi connectivity index (χ1) is 17.0. The Morgan fingerprint density at radius 1 is 0.914 bits per heavy atom. The standard InChI is InChI=1S/C30H27NO4/c1-4-34-30(33)25-19(3)31-28-21-9-5-6-10-22(21)29(32)27(28)26(25)23-11-7-8-12-24(23)35-17-20-15-13-18(2)14-16-20/h5-16,26,31H,4,17H2,1-3H3/t26-/m0/s1. The third-order valence-corrected chi connectivity index (χ3v) is 6.49. The van der Waals surface area contributed by atoms with Gasteiger partial charge in [0.25, 0.3) is 0 Å². The largest absolute Gasteiger partial charge is 0.489 e. The molecule has 1 N–H and O–H groups in total. The molecule has 5 nitrogen and oxygen atoms in total. The van der Waals surface area contributed by atoms with Crippen LogP contribution in [0, 0.1) is 6.92 Å². The molecule has 1 aliphatic heterocycles. The second kappa shape index (κ2) is 9.26. The quantitative estimate of drug-likeness (QED) is 0.473. The number of rotatable bonds is 6. The van der Waals surface area contributed by atoms with E-state index in [0.29, 0.717) is 34.8 Å². The lowest BCUT2D eigenvalue weighted by Crippen LogP contribution is -2.29. The Morgan fingerprint density at radius 2 is 1.60 bits per heavy atom. The van der Waals surface area contributed by atoms with Crippen molar-refractivity contribution in [2.45, 2.75) is 33.3 Å². The molecule has 35 heavy (non-hydrogen) atoms. The smallest absolute Gasteiger partial charge is 0.336 e. The maximum atomic E-state index is 13.7. The molecular formula is C30H27NO4. The van der Waals surface area contributed by atoms with Crippen molar-refractivity contribution in [2.75, 3.05) is 6.61 Å². The lowest BCUT2D eigenvalue weighted by atomic mass is 9.79. The summed E-state index contributed by atoms with van der Waals surface area (Å²) >= 11 is 0. The fraction of sp³-hybridized carbons (Fsp3) is 0.200. The van der Waals surface area contributed by atoms with Gasteiger partial charge in [0.15, 0.2) is 5.78 Å². The Bertz CT molecular complexity index is 1380. The predicted octanol–water partition coefficient (Wildman–Crippen LogP) is 5.71. The van der Waals surface area contributed by atoms with Crippen LogP contribution < -0.4 is 10.1 Å². The van der Waals surface area contributed by atoms with Crippen molar-refractivity contribution < 1.29 is 19.1 Å². The van der Waals surface area contributed by atoms with Crippen LogP contribution in [0.1, 0.15) is 52.4 Å². The third-order valence-electron chi connectivity index (χ3n) is 6.49. The zero-order chi connectivity index (χ0) is 24.5. The Kier molecular flexibility index (Phi) is 6.00. The lowest BCUT2D eigenvalue weighted by molar-refractivity contribution is -0.138. The monoisotopic (exact) mass is 465 g/mol. The number of ketones is 1. The van der Waals surface area contributed by atoms with Crippen molar-refractivity contribution in [3.8, 4) is 5.75 Å². The van der Waals surface area contributed by atoms with Crippen LogP contribution in [-0.4, -0.2) is 18.4 Å². The Hall–Kier alpha value is -4.12. The van der Waals surface area contributed by atoms with Crippen molar-refractivity contribution in [1.29, 1.82) is 0 Å². The molecule has 3 aromatic rings. The molecule has 1 aliphatic carbocycles. The summed E-state index contributed by atoms with van der Waals surface area (Å²) in [6, 6.07) is 23.3. The van der Waals surface area contributed by atoms with Gasteiger partial charge in [0.2, 0.25) is 0 Å². The molecule has 0 radical (unpaired) electrons. The summed E-state index contributed by atoms with van der Waals surface area (Å²) in [5, 5.41) is 3.33. The first-order valence-electron chi connectivity index (χ1n) is 11.8. The van der Waals surface area contributed by atoms with Crippen LogP contribution in [0.2, 0.25) is 0 Å². The minimum absolute atomic E-state index is 0.0873. The van der Waals surface area contributed by atoms with Gasteiger partial charge >= 0.3 is 5.97 Å². The molecule has 2 aliphatic rings. The molecule has 0 fully saturated rings. The first kappa shape index (κ1) is 22.7. The summed E-state index contributed by atoms with van der Waals surface area (Å²) in [5.74, 6) is -0.508. The van der Waals surface area contributed by atoms with Gasteiger partial charge in [-0.3, -0.25) is 4.79 Å². The number of esters is 1. The number of benzene rings is 3. The van der Waals surface area contributed by atoms with Gasteiger partial charge in [-0.25, -0.2) is 4.79 Å². The maximum Gasteiger partial charge on any atom is 0.336 e. The fourth-order valence-corrected chi connectivity index (χ4v) is 4.82. The van der Waals surface area contributed by atoms with Crippen LogP contribution in [0.5, 0.6) is 5.75 Å². The van der Waals surface area contributed by atoms with E-state index < -0.39 is 11.9 Å². The van der Waals surface area contributed by atoms with E-state index in [0.717, 1.165) is 22.4 Å². The molecule has 0 bridgehead atoms. The minimum Gasteiger partial charge on any atom is -0.489 e. The van der Waals surface area contributed by atoms with E-state index in [1.807, 2.05) is 86.6 Å². The van der Waals surface area contributed by atoms with Crippen molar-refractivity contribution in [3.63, 3.8) is 0 Å². The lowest BCUT2D eigenvalue weighted by Gasteiger charge is -2.30. The Labute approximate surface area is 205 Å². The van der Waals surface area contributed by atoms with Crippen LogP contribution in [0.15, 0.2) is 89.6 Å². The zero-order valence-corrected chi connectivity index (χ0v) is 20.1. The van der Waals surface area contributed by atoms with Crippen molar-refractivity contribution in [1.82, 2.24) is 5.32 Å². The fourth-order valence-electron chi connectivity index (χ4n) is 4.82. The second-order valence-corrected chi connectivity index (χ2v) is 8.79. The number of carbonyl (C=O) groups excluding carboxylic acids is 2. The molecule has 5 heteroatoms. The molecule has 0 saturated carbocycles. The molecule has 0 saturated heterocycles. The summed E-state index contributed by atoms with van der Waals surface area (Å²) < 4.78 is 11.7. The maximum absolute atomic E-state index is 13.7. The number of aryl methyl sites for hydroxylation is 1. The van der Waals surface area contributed by atoms with Gasteiger partial charge in [-0.1, -0.05) is 72.3 Å². The molecule has 3 aromatic carbocycles. The number of dihydropyridines is 1. The van der Waals surface area contributed by atoms with Crippen LogP contribution >= 0.6 is 0 Å². The Morgan fingerprint density at radius 3 is 2.34 bits per heavy atom. The van der Waals surface area contributed by atoms with Gasteiger partial charge in [0, 0.05) is 28.0 Å². The number of fused-ring (bicyclic) bond motifs is 2. The molecule has 0 amide bonds. The highest BCUT2D eigenvalue weighted by Gasteiger charge is 2.43. The number of allylic oxidation sites excluding steroid dienone is 2. The summed E-state index contributed by atoms with van der Waals surface area (Å²) in [6.07, 6.45) is 0. The third kappa shape index (κ3) is 4.03. The normalized spacial score (nSPS) is 16.5. The number of hydrogen-bond donors (Lipinski definition) is 1. The Balaban J connectivity index is 1.61. The van der Waals surface area contributed by atoms with Crippen LogP contribution in [-0.2, 0) is 16.1 Å². The van der Waals surface area contributed by atoms with E-state index >= 15 is 0 Å². The second-order valence-electron chi connectivity index (χ2n) is 8.79. The number of carbonyl (C=O) groups is 2. The zero-order valence-electron chi connectivity index (χ0n) is 20.1. The molecule has 0 unspecified atom stereocenters. The van der Waals surface area contributed by atoms with Crippen LogP contribution in [0.4, 0.5) is 0 Å². The number of para-hydroxylation sites is 1. The van der Waals surface area contributed by atoms with Crippen molar-refractivity contribution in [2.24, 2.45) is 0 Å². The summed E-state index contributed by atoms with van der Waals surface area (Å²) in [6.45, 7) is 6.29. The average Bonchev–Trinajstić information content (AvgIpc) is 3.15. The average molecular weight is 466 g/mol. The highest BCUT2D eigenvalue weighted by molar-refractivity contribution is 6.23. The van der Waals surface area contributed by atoms with Crippen molar-refractivity contribution in [3.05, 3.63) is 117 Å². The van der Waals surface area contributed by atoms with Crippen LogP contribution in [0.3, 0.4) is 0 Å². The van der Waals surface area contributed by atoms with Gasteiger partial charge in [-0.15, -0.1) is 0 Å². The molecule has 0 spiro atoms. The van der Waals surface area contributed by atoms with E-state index in [1.54, 1.807) is 6.92 Å². The van der Waals surface area contributed by atoms with Gasteiger partial charge in [-0.2, -0.15) is 0 Å². The van der Waals surface area contributed by atoms with Crippen molar-refractivity contribution >= 4 is 17.4 Å². The predicted molar refractivity (Wildman–Crippen MR) is 135 cm³/mol. The van der Waals surface area contributed by atoms with Gasteiger partial charge < -0.3 is 14.8 Å². The topological polar surface area (TPSA) is 64.6 Å². The van der Waals surface area contributed by atoms with Gasteiger partial charge in [0.1, 0.15) is 12.4 Å². The van der Waals surface area contributed by atoms with E-state index in [-0.39, 0.29) is 12.4 Å².